The second-order valence-corrected chi connectivity index (χ2v) is 4.41. The first kappa shape index (κ1) is 14.4. The van der Waals surface area contributed by atoms with Crippen molar-refractivity contribution < 1.29 is 14.7 Å². The summed E-state index contributed by atoms with van der Waals surface area (Å²) in [4.78, 5) is 31.5. The Morgan fingerprint density at radius 2 is 1.62 bits per heavy atom. The fourth-order valence-corrected chi connectivity index (χ4v) is 2.01. The Morgan fingerprint density at radius 1 is 1.08 bits per heavy atom. The van der Waals surface area contributed by atoms with Gasteiger partial charge in [0.1, 0.15) is 0 Å². The summed E-state index contributed by atoms with van der Waals surface area (Å²) in [6.45, 7) is 0. The third kappa shape index (κ3) is 4.17. The SMILES string of the molecule is [Ca+2].[O-][P+]([O-])([O-])c1ccc(Cl)cc1Cl. The zero-order chi connectivity index (χ0) is 9.35. The maximum absolute atomic E-state index is 10.5. The molecule has 0 aliphatic rings. The van der Waals surface area contributed by atoms with Crippen molar-refractivity contribution in [1.82, 2.24) is 0 Å². The average Bonchev–Trinajstić information content (AvgIpc) is 1.83. The third-order valence-electron chi connectivity index (χ3n) is 1.20. The van der Waals surface area contributed by atoms with Gasteiger partial charge in [0.25, 0.3) is 0 Å². The first-order chi connectivity index (χ1) is 5.41. The Kier molecular flexibility index (Phi) is 6.03. The molecule has 0 spiro atoms. The molecule has 3 nitrogen and oxygen atoms in total. The van der Waals surface area contributed by atoms with Gasteiger partial charge in [0.05, 0.1) is 10.3 Å². The molecule has 7 heteroatoms. The fraction of sp³-hybridized carbons (Fsp3) is 0. The molecular weight excluding hydrogens is 262 g/mol. The number of halogens is 2. The molecule has 13 heavy (non-hydrogen) atoms. The summed E-state index contributed by atoms with van der Waals surface area (Å²) in [6, 6.07) is 3.59. The van der Waals surface area contributed by atoms with Crippen LogP contribution in [-0.2, 0) is 0 Å². The molecule has 0 radical (unpaired) electrons. The summed E-state index contributed by atoms with van der Waals surface area (Å²) in [5.74, 6) is 0. The number of hydrogen-bond acceptors (Lipinski definition) is 3. The summed E-state index contributed by atoms with van der Waals surface area (Å²) in [7, 11) is -4.77. The van der Waals surface area contributed by atoms with E-state index in [1.54, 1.807) is 0 Å². The Labute approximate surface area is 116 Å². The summed E-state index contributed by atoms with van der Waals surface area (Å²) >= 11 is 10.9. The molecule has 1 aromatic rings. The zero-order valence-corrected chi connectivity index (χ0v) is 11.0. The molecule has 0 saturated carbocycles. The zero-order valence-electron chi connectivity index (χ0n) is 6.37. The Bertz CT molecular complexity index is 302. The van der Waals surface area contributed by atoms with Crippen LogP contribution in [0.15, 0.2) is 18.2 Å². The quantitative estimate of drug-likeness (QED) is 0.487. The van der Waals surface area contributed by atoms with Crippen molar-refractivity contribution in [2.75, 3.05) is 0 Å². The van der Waals surface area contributed by atoms with E-state index in [4.69, 9.17) is 23.2 Å². The topological polar surface area (TPSA) is 69.2 Å². The summed E-state index contributed by atoms with van der Waals surface area (Å²) in [5.41, 5.74) is 0. The van der Waals surface area contributed by atoms with Gasteiger partial charge in [-0.1, -0.05) is 23.2 Å². The van der Waals surface area contributed by atoms with Crippen LogP contribution in [0, 0.1) is 0 Å². The van der Waals surface area contributed by atoms with Gasteiger partial charge in [-0.2, -0.15) is 0 Å². The minimum atomic E-state index is -4.77. The molecule has 0 heterocycles. The van der Waals surface area contributed by atoms with E-state index in [1.165, 1.54) is 12.1 Å². The molecule has 0 aliphatic heterocycles. The Morgan fingerprint density at radius 3 is 2.00 bits per heavy atom. The number of benzene rings is 1. The molecule has 66 valence electrons. The normalized spacial score (nSPS) is 10.8. The molecule has 0 bridgehead atoms. The van der Waals surface area contributed by atoms with Gasteiger partial charge < -0.3 is 14.7 Å². The second-order valence-electron chi connectivity index (χ2n) is 2.09. The molecule has 1 rings (SSSR count). The third-order valence-corrected chi connectivity index (χ3v) is 2.86. The van der Waals surface area contributed by atoms with E-state index in [1.807, 2.05) is 0 Å². The molecule has 0 atom stereocenters. The van der Waals surface area contributed by atoms with E-state index < -0.39 is 13.2 Å². The van der Waals surface area contributed by atoms with Crippen molar-refractivity contribution in [2.45, 2.75) is 0 Å². The molecule has 1 aromatic carbocycles. The minimum Gasteiger partial charge on any atom is -0.683 e. The molecule has 0 aliphatic carbocycles. The van der Waals surface area contributed by atoms with Gasteiger partial charge in [-0.3, -0.25) is 0 Å². The summed E-state index contributed by atoms with van der Waals surface area (Å²) < 4.78 is 0. The van der Waals surface area contributed by atoms with Crippen molar-refractivity contribution >= 4 is 74.2 Å². The van der Waals surface area contributed by atoms with Crippen molar-refractivity contribution in [3.05, 3.63) is 28.2 Å². The largest absolute Gasteiger partial charge is 2.00 e. The number of rotatable bonds is 1. The van der Waals surface area contributed by atoms with Gasteiger partial charge in [-0.25, -0.2) is 0 Å². The van der Waals surface area contributed by atoms with Crippen LogP contribution in [0.2, 0.25) is 10.0 Å². The summed E-state index contributed by atoms with van der Waals surface area (Å²) in [6.07, 6.45) is 0. The smallest absolute Gasteiger partial charge is 0.683 e. The van der Waals surface area contributed by atoms with Crippen LogP contribution in [0.3, 0.4) is 0 Å². The molecule has 0 unspecified atom stereocenters. The predicted octanol–water partition coefficient (Wildman–Crippen LogP) is -0.919. The van der Waals surface area contributed by atoms with E-state index in [0.29, 0.717) is 0 Å². The van der Waals surface area contributed by atoms with Crippen LogP contribution in [0.25, 0.3) is 0 Å². The van der Waals surface area contributed by atoms with E-state index in [-0.39, 0.29) is 47.8 Å². The van der Waals surface area contributed by atoms with Gasteiger partial charge in [0.15, 0.2) is 0 Å². The maximum atomic E-state index is 10.5. The van der Waals surface area contributed by atoms with Gasteiger partial charge in [-0.05, 0) is 18.2 Å². The molecule has 0 aromatic heterocycles. The second kappa shape index (κ2) is 5.45. The van der Waals surface area contributed by atoms with Gasteiger partial charge in [0.2, 0.25) is 0 Å². The maximum Gasteiger partial charge on any atom is 2.00 e. The Hall–Kier alpha value is 1.37. The molecule has 0 fully saturated rings. The predicted molar refractivity (Wildman–Crippen MR) is 48.8 cm³/mol. The van der Waals surface area contributed by atoms with Crippen molar-refractivity contribution in [1.29, 1.82) is 0 Å². The van der Waals surface area contributed by atoms with E-state index in [9.17, 15) is 14.7 Å². The van der Waals surface area contributed by atoms with E-state index >= 15 is 0 Å². The van der Waals surface area contributed by atoms with Crippen molar-refractivity contribution in [3.63, 3.8) is 0 Å². The van der Waals surface area contributed by atoms with Crippen molar-refractivity contribution in [2.24, 2.45) is 0 Å². The first-order valence-electron chi connectivity index (χ1n) is 2.89. The van der Waals surface area contributed by atoms with Gasteiger partial charge >= 0.3 is 37.7 Å². The van der Waals surface area contributed by atoms with Crippen LogP contribution >= 0.6 is 31.1 Å². The van der Waals surface area contributed by atoms with Crippen LogP contribution in [-0.4, -0.2) is 37.7 Å². The van der Waals surface area contributed by atoms with Crippen LogP contribution in [0.4, 0.5) is 0 Å². The van der Waals surface area contributed by atoms with Gasteiger partial charge in [-0.15, -0.1) is 7.94 Å². The minimum absolute atomic E-state index is 0. The van der Waals surface area contributed by atoms with E-state index in [0.717, 1.165) is 6.07 Å². The number of hydrogen-bond donors (Lipinski definition) is 0. The van der Waals surface area contributed by atoms with Gasteiger partial charge in [0, 0.05) is 5.02 Å². The first-order valence-corrected chi connectivity index (χ1v) is 5.19. The standard InChI is InChI=1S/C6H5Cl2O3P.Ca/c7-4-1-2-6(5(8)3-4)12(9,10)11;/h1-3H,(H2,9,10,11);/q;+2/p-2. The van der Waals surface area contributed by atoms with Crippen LogP contribution in [0.5, 0.6) is 0 Å². The van der Waals surface area contributed by atoms with Crippen LogP contribution in [0.1, 0.15) is 0 Å². The Balaban J connectivity index is 0.00000144. The average molecular weight is 265 g/mol. The van der Waals surface area contributed by atoms with Crippen LogP contribution < -0.4 is 20.0 Å². The summed E-state index contributed by atoms with van der Waals surface area (Å²) in [5, 5.41) is -0.276. The molecule has 0 amide bonds. The molecular formula is C6H3CaCl2O3P. The van der Waals surface area contributed by atoms with E-state index in [2.05, 4.69) is 0 Å². The fourth-order valence-electron chi connectivity index (χ4n) is 0.703. The van der Waals surface area contributed by atoms with Crippen molar-refractivity contribution in [3.8, 4) is 0 Å². The molecule has 0 N–H and O–H groups in total. The monoisotopic (exact) mass is 264 g/mol. The molecule has 0 saturated heterocycles.